The zero-order valence-corrected chi connectivity index (χ0v) is 16.8. The van der Waals surface area contributed by atoms with Crippen molar-refractivity contribution >= 4 is 17.3 Å². The molecule has 0 bridgehead atoms. The predicted octanol–water partition coefficient (Wildman–Crippen LogP) is 4.42. The van der Waals surface area contributed by atoms with Crippen LogP contribution < -0.4 is 10.2 Å². The van der Waals surface area contributed by atoms with Crippen LogP contribution in [0.3, 0.4) is 0 Å². The van der Waals surface area contributed by atoms with Crippen LogP contribution in [0.25, 0.3) is 11.1 Å². The van der Waals surface area contributed by atoms with Crippen molar-refractivity contribution in [2.75, 3.05) is 42.9 Å². The van der Waals surface area contributed by atoms with Crippen molar-refractivity contribution in [1.82, 2.24) is 4.90 Å². The van der Waals surface area contributed by atoms with Crippen molar-refractivity contribution in [2.24, 2.45) is 0 Å². The maximum Gasteiger partial charge on any atom is 0.238 e. The summed E-state index contributed by atoms with van der Waals surface area (Å²) < 4.78 is 0. The van der Waals surface area contributed by atoms with E-state index in [0.717, 1.165) is 37.4 Å². The standard InChI is InChI=1S/C25H27N3O/c1-20-7-5-6-10-24(20)28-17-15-27(16-18-28)19-25(29)26-23-13-11-22(12-14-23)21-8-3-2-4-9-21/h2-14H,15-19H2,1H3,(H,26,29). The molecule has 0 aliphatic carbocycles. The van der Waals surface area contributed by atoms with E-state index in [-0.39, 0.29) is 5.91 Å². The van der Waals surface area contributed by atoms with Crippen LogP contribution in [0.5, 0.6) is 0 Å². The van der Waals surface area contributed by atoms with Crippen molar-refractivity contribution in [3.8, 4) is 11.1 Å². The van der Waals surface area contributed by atoms with Crippen LogP contribution in [0.2, 0.25) is 0 Å². The van der Waals surface area contributed by atoms with Gasteiger partial charge in [0.05, 0.1) is 6.54 Å². The zero-order valence-electron chi connectivity index (χ0n) is 16.8. The molecule has 4 heteroatoms. The first-order valence-corrected chi connectivity index (χ1v) is 10.2. The fraction of sp³-hybridized carbons (Fsp3) is 0.240. The number of para-hydroxylation sites is 1. The molecular weight excluding hydrogens is 358 g/mol. The average molecular weight is 386 g/mol. The number of rotatable bonds is 5. The SMILES string of the molecule is Cc1ccccc1N1CCN(CC(=O)Nc2ccc(-c3ccccc3)cc2)CC1. The van der Waals surface area contributed by atoms with Crippen molar-refractivity contribution in [1.29, 1.82) is 0 Å². The Morgan fingerprint density at radius 1 is 0.793 bits per heavy atom. The molecule has 1 aliphatic heterocycles. The van der Waals surface area contributed by atoms with Gasteiger partial charge in [0.25, 0.3) is 0 Å². The van der Waals surface area contributed by atoms with E-state index in [2.05, 4.69) is 58.4 Å². The molecule has 1 saturated heterocycles. The van der Waals surface area contributed by atoms with E-state index in [0.29, 0.717) is 6.54 Å². The molecule has 0 radical (unpaired) electrons. The van der Waals surface area contributed by atoms with E-state index in [1.54, 1.807) is 0 Å². The fourth-order valence-electron chi connectivity index (χ4n) is 3.85. The van der Waals surface area contributed by atoms with Crippen LogP contribution in [0.15, 0.2) is 78.9 Å². The van der Waals surface area contributed by atoms with Crippen LogP contribution in [0, 0.1) is 6.92 Å². The summed E-state index contributed by atoms with van der Waals surface area (Å²) in [5, 5.41) is 3.03. The quantitative estimate of drug-likeness (QED) is 0.706. The minimum atomic E-state index is 0.0433. The second-order valence-corrected chi connectivity index (χ2v) is 7.54. The van der Waals surface area contributed by atoms with Gasteiger partial charge >= 0.3 is 0 Å². The highest BCUT2D eigenvalue weighted by Gasteiger charge is 2.20. The topological polar surface area (TPSA) is 35.6 Å². The Labute approximate surface area is 172 Å². The number of hydrogen-bond donors (Lipinski definition) is 1. The molecule has 29 heavy (non-hydrogen) atoms. The van der Waals surface area contributed by atoms with Gasteiger partial charge in [-0.15, -0.1) is 0 Å². The molecule has 0 saturated carbocycles. The van der Waals surface area contributed by atoms with E-state index in [4.69, 9.17) is 0 Å². The summed E-state index contributed by atoms with van der Waals surface area (Å²) in [4.78, 5) is 17.1. The fourth-order valence-corrected chi connectivity index (χ4v) is 3.85. The highest BCUT2D eigenvalue weighted by atomic mass is 16.2. The lowest BCUT2D eigenvalue weighted by molar-refractivity contribution is -0.117. The van der Waals surface area contributed by atoms with Gasteiger partial charge in [0.15, 0.2) is 0 Å². The minimum absolute atomic E-state index is 0.0433. The van der Waals surface area contributed by atoms with Gasteiger partial charge in [0.2, 0.25) is 5.91 Å². The summed E-state index contributed by atoms with van der Waals surface area (Å²) in [6.07, 6.45) is 0. The van der Waals surface area contributed by atoms with Gasteiger partial charge < -0.3 is 10.2 Å². The van der Waals surface area contributed by atoms with Gasteiger partial charge in [-0.25, -0.2) is 0 Å². The Bertz CT molecular complexity index is 945. The first-order valence-electron chi connectivity index (χ1n) is 10.2. The molecule has 4 rings (SSSR count). The molecule has 0 spiro atoms. The number of benzene rings is 3. The number of carbonyl (C=O) groups is 1. The van der Waals surface area contributed by atoms with E-state index in [1.165, 1.54) is 16.8 Å². The normalized spacial score (nSPS) is 14.6. The van der Waals surface area contributed by atoms with Crippen molar-refractivity contribution < 1.29 is 4.79 Å². The van der Waals surface area contributed by atoms with Crippen LogP contribution in [-0.4, -0.2) is 43.5 Å². The number of aryl methyl sites for hydroxylation is 1. The van der Waals surface area contributed by atoms with E-state index in [9.17, 15) is 4.79 Å². The second kappa shape index (κ2) is 8.93. The Morgan fingerprint density at radius 3 is 2.10 bits per heavy atom. The molecule has 1 fully saturated rings. The van der Waals surface area contributed by atoms with Crippen molar-refractivity contribution in [3.05, 3.63) is 84.4 Å². The summed E-state index contributed by atoms with van der Waals surface area (Å²) in [5.74, 6) is 0.0433. The maximum atomic E-state index is 12.5. The molecule has 1 heterocycles. The van der Waals surface area contributed by atoms with Crippen LogP contribution in [0.1, 0.15) is 5.56 Å². The van der Waals surface area contributed by atoms with E-state index in [1.807, 2.05) is 42.5 Å². The van der Waals surface area contributed by atoms with Gasteiger partial charge in [0.1, 0.15) is 0 Å². The first-order chi connectivity index (χ1) is 14.2. The first kappa shape index (κ1) is 19.2. The summed E-state index contributed by atoms with van der Waals surface area (Å²) in [6, 6.07) is 26.8. The minimum Gasteiger partial charge on any atom is -0.369 e. The third kappa shape index (κ3) is 4.84. The lowest BCUT2D eigenvalue weighted by Gasteiger charge is -2.36. The number of nitrogens with zero attached hydrogens (tertiary/aromatic N) is 2. The molecule has 1 N–H and O–H groups in total. The number of anilines is 2. The van der Waals surface area contributed by atoms with E-state index >= 15 is 0 Å². The van der Waals surface area contributed by atoms with Crippen molar-refractivity contribution in [2.45, 2.75) is 6.92 Å². The average Bonchev–Trinajstić information content (AvgIpc) is 2.76. The molecule has 4 nitrogen and oxygen atoms in total. The Hall–Kier alpha value is -3.11. The third-order valence-corrected chi connectivity index (χ3v) is 5.47. The number of piperazine rings is 1. The Morgan fingerprint density at radius 2 is 1.41 bits per heavy atom. The molecule has 3 aromatic carbocycles. The largest absolute Gasteiger partial charge is 0.369 e. The van der Waals surface area contributed by atoms with Crippen LogP contribution in [0.4, 0.5) is 11.4 Å². The molecular formula is C25H27N3O. The van der Waals surface area contributed by atoms with Gasteiger partial charge in [-0.3, -0.25) is 9.69 Å². The predicted molar refractivity (Wildman–Crippen MR) is 120 cm³/mol. The highest BCUT2D eigenvalue weighted by molar-refractivity contribution is 5.92. The zero-order chi connectivity index (χ0) is 20.1. The number of carbonyl (C=O) groups excluding carboxylic acids is 1. The number of nitrogens with one attached hydrogen (secondary N) is 1. The highest BCUT2D eigenvalue weighted by Crippen LogP contribution is 2.22. The molecule has 0 aromatic heterocycles. The van der Waals surface area contributed by atoms with Gasteiger partial charge in [-0.05, 0) is 41.8 Å². The monoisotopic (exact) mass is 385 g/mol. The van der Waals surface area contributed by atoms with Gasteiger partial charge in [0, 0.05) is 37.6 Å². The maximum absolute atomic E-state index is 12.5. The molecule has 1 amide bonds. The van der Waals surface area contributed by atoms with Crippen molar-refractivity contribution in [3.63, 3.8) is 0 Å². The van der Waals surface area contributed by atoms with Gasteiger partial charge in [-0.1, -0.05) is 60.7 Å². The van der Waals surface area contributed by atoms with Gasteiger partial charge in [-0.2, -0.15) is 0 Å². The molecule has 0 atom stereocenters. The summed E-state index contributed by atoms with van der Waals surface area (Å²) >= 11 is 0. The number of hydrogen-bond acceptors (Lipinski definition) is 3. The Kier molecular flexibility index (Phi) is 5.92. The third-order valence-electron chi connectivity index (χ3n) is 5.47. The summed E-state index contributed by atoms with van der Waals surface area (Å²) in [5.41, 5.74) is 5.77. The van der Waals surface area contributed by atoms with Crippen LogP contribution in [-0.2, 0) is 4.79 Å². The van der Waals surface area contributed by atoms with Crippen LogP contribution >= 0.6 is 0 Å². The lowest BCUT2D eigenvalue weighted by atomic mass is 10.1. The second-order valence-electron chi connectivity index (χ2n) is 7.54. The lowest BCUT2D eigenvalue weighted by Crippen LogP contribution is -2.48. The summed E-state index contributed by atoms with van der Waals surface area (Å²) in [7, 11) is 0. The molecule has 3 aromatic rings. The Balaban J connectivity index is 1.28. The molecule has 0 unspecified atom stereocenters. The summed E-state index contributed by atoms with van der Waals surface area (Å²) in [6.45, 7) is 6.28. The molecule has 1 aliphatic rings. The smallest absolute Gasteiger partial charge is 0.238 e. The number of amides is 1. The molecule has 148 valence electrons. The van der Waals surface area contributed by atoms with E-state index < -0.39 is 0 Å².